The Morgan fingerprint density at radius 1 is 1.37 bits per heavy atom. The fourth-order valence-electron chi connectivity index (χ4n) is 2.40. The second kappa shape index (κ2) is 4.53. The van der Waals surface area contributed by atoms with Gasteiger partial charge in [-0.1, -0.05) is 6.08 Å². The molecule has 2 heterocycles. The van der Waals surface area contributed by atoms with Gasteiger partial charge in [0.1, 0.15) is 0 Å². The van der Waals surface area contributed by atoms with Crippen molar-refractivity contribution < 1.29 is 19.2 Å². The summed E-state index contributed by atoms with van der Waals surface area (Å²) in [5.41, 5.74) is 0.334. The molecule has 1 atom stereocenters. The number of carbonyl (C=O) groups is 1. The van der Waals surface area contributed by atoms with E-state index in [9.17, 15) is 4.79 Å². The summed E-state index contributed by atoms with van der Waals surface area (Å²) >= 11 is 0. The van der Waals surface area contributed by atoms with E-state index in [-0.39, 0.29) is 24.4 Å². The first-order valence-electron chi connectivity index (χ1n) is 6.70. The smallest absolute Gasteiger partial charge is 0.465 e. The van der Waals surface area contributed by atoms with Crippen molar-refractivity contribution in [1.82, 2.24) is 4.90 Å². The molecule has 2 aliphatic rings. The Bertz CT molecular complexity index is 403. The molecule has 0 aliphatic carbocycles. The van der Waals surface area contributed by atoms with Crippen LogP contribution in [0.1, 0.15) is 41.0 Å². The molecule has 2 rings (SSSR count). The molecule has 0 aromatic heterocycles. The zero-order valence-corrected chi connectivity index (χ0v) is 12.3. The lowest BCUT2D eigenvalue weighted by atomic mass is 9.74. The molecular weight excluding hydrogens is 245 g/mol. The van der Waals surface area contributed by atoms with Gasteiger partial charge in [-0.05, 0) is 46.5 Å². The molecule has 1 fully saturated rings. The molecule has 5 nitrogen and oxygen atoms in total. The van der Waals surface area contributed by atoms with Gasteiger partial charge in [-0.15, -0.1) is 0 Å². The second-order valence-electron chi connectivity index (χ2n) is 6.30. The molecule has 1 amide bonds. The summed E-state index contributed by atoms with van der Waals surface area (Å²) in [6, 6.07) is -0.139. The van der Waals surface area contributed by atoms with Crippen molar-refractivity contribution in [2.75, 3.05) is 6.54 Å². The van der Waals surface area contributed by atoms with E-state index in [0.29, 0.717) is 13.0 Å². The van der Waals surface area contributed by atoms with Crippen molar-refractivity contribution in [2.45, 2.75) is 58.3 Å². The van der Waals surface area contributed by atoms with E-state index in [1.54, 1.807) is 0 Å². The van der Waals surface area contributed by atoms with Crippen molar-refractivity contribution in [3.05, 3.63) is 11.5 Å². The van der Waals surface area contributed by atoms with Crippen LogP contribution in [0, 0.1) is 0 Å². The minimum absolute atomic E-state index is 0.139. The summed E-state index contributed by atoms with van der Waals surface area (Å²) in [6.45, 7) is 10.4. The van der Waals surface area contributed by atoms with Gasteiger partial charge in [-0.3, -0.25) is 0 Å². The van der Waals surface area contributed by atoms with Crippen molar-refractivity contribution in [3.8, 4) is 0 Å². The third kappa shape index (κ3) is 2.51. The Labute approximate surface area is 114 Å². The van der Waals surface area contributed by atoms with Crippen LogP contribution in [0.15, 0.2) is 11.5 Å². The third-order valence-corrected chi connectivity index (χ3v) is 4.39. The largest absolute Gasteiger partial charge is 0.490 e. The van der Waals surface area contributed by atoms with E-state index < -0.39 is 6.09 Å². The molecular formula is C13H22BNO4. The highest BCUT2D eigenvalue weighted by Crippen LogP contribution is 2.39. The Kier molecular flexibility index (Phi) is 3.43. The van der Waals surface area contributed by atoms with Crippen LogP contribution in [-0.2, 0) is 9.31 Å². The molecule has 0 bridgehead atoms. The first-order valence-corrected chi connectivity index (χ1v) is 6.70. The van der Waals surface area contributed by atoms with Crippen molar-refractivity contribution >= 4 is 13.2 Å². The van der Waals surface area contributed by atoms with Gasteiger partial charge < -0.3 is 19.3 Å². The minimum atomic E-state index is -0.878. The number of hydrogen-bond acceptors (Lipinski definition) is 3. The lowest BCUT2D eigenvalue weighted by Crippen LogP contribution is -2.42. The first-order chi connectivity index (χ1) is 8.64. The van der Waals surface area contributed by atoms with Crippen LogP contribution in [-0.4, -0.2) is 47.0 Å². The summed E-state index contributed by atoms with van der Waals surface area (Å²) in [5, 5.41) is 9.06. The monoisotopic (exact) mass is 267 g/mol. The summed E-state index contributed by atoms with van der Waals surface area (Å²) in [7, 11) is -0.358. The fourth-order valence-corrected chi connectivity index (χ4v) is 2.40. The zero-order valence-electron chi connectivity index (χ0n) is 12.3. The van der Waals surface area contributed by atoms with Crippen LogP contribution in [0.25, 0.3) is 0 Å². The Hall–Kier alpha value is -1.01. The molecule has 0 saturated carbocycles. The third-order valence-electron chi connectivity index (χ3n) is 4.39. The molecule has 6 heteroatoms. The molecule has 19 heavy (non-hydrogen) atoms. The van der Waals surface area contributed by atoms with Crippen LogP contribution in [0.3, 0.4) is 0 Å². The van der Waals surface area contributed by atoms with Gasteiger partial charge in [0, 0.05) is 6.54 Å². The summed E-state index contributed by atoms with van der Waals surface area (Å²) in [5.74, 6) is 0. The quantitative estimate of drug-likeness (QED) is 0.741. The molecule has 0 radical (unpaired) electrons. The predicted octanol–water partition coefficient (Wildman–Crippen LogP) is 2.32. The molecule has 0 aromatic rings. The molecule has 1 N–H and O–H groups in total. The zero-order chi connectivity index (χ0) is 14.4. The number of amides is 1. The van der Waals surface area contributed by atoms with Crippen LogP contribution < -0.4 is 0 Å². The Morgan fingerprint density at radius 2 is 1.89 bits per heavy atom. The first kappa shape index (κ1) is 14.4. The van der Waals surface area contributed by atoms with Crippen molar-refractivity contribution in [2.24, 2.45) is 0 Å². The van der Waals surface area contributed by atoms with Crippen LogP contribution in [0.4, 0.5) is 4.79 Å². The van der Waals surface area contributed by atoms with E-state index >= 15 is 0 Å². The van der Waals surface area contributed by atoms with Gasteiger partial charge >= 0.3 is 13.2 Å². The second-order valence-corrected chi connectivity index (χ2v) is 6.30. The lowest BCUT2D eigenvalue weighted by Gasteiger charge is -2.32. The van der Waals surface area contributed by atoms with E-state index in [0.717, 1.165) is 5.47 Å². The molecule has 1 saturated heterocycles. The summed E-state index contributed by atoms with van der Waals surface area (Å²) < 4.78 is 12.0. The predicted molar refractivity (Wildman–Crippen MR) is 73.0 cm³/mol. The average molecular weight is 267 g/mol. The lowest BCUT2D eigenvalue weighted by molar-refractivity contribution is 0.00578. The van der Waals surface area contributed by atoms with Gasteiger partial charge in [0.2, 0.25) is 0 Å². The van der Waals surface area contributed by atoms with Crippen molar-refractivity contribution in [1.29, 1.82) is 0 Å². The summed E-state index contributed by atoms with van der Waals surface area (Å²) in [4.78, 5) is 12.5. The van der Waals surface area contributed by atoms with E-state index in [1.807, 2.05) is 40.7 Å². The highest BCUT2D eigenvalue weighted by atomic mass is 16.7. The molecule has 0 aromatic carbocycles. The molecule has 106 valence electrons. The van der Waals surface area contributed by atoms with Gasteiger partial charge in [-0.2, -0.15) is 0 Å². The van der Waals surface area contributed by atoms with Crippen LogP contribution >= 0.6 is 0 Å². The molecule has 0 unspecified atom stereocenters. The maximum atomic E-state index is 11.0. The van der Waals surface area contributed by atoms with Gasteiger partial charge in [0.15, 0.2) is 0 Å². The van der Waals surface area contributed by atoms with Gasteiger partial charge in [0.25, 0.3) is 0 Å². The number of rotatable bonds is 1. The number of nitrogens with zero attached hydrogens (tertiary/aromatic N) is 1. The number of carboxylic acid groups (broad SMARTS) is 1. The van der Waals surface area contributed by atoms with E-state index in [2.05, 4.69) is 0 Å². The SMILES string of the molecule is C[C@@H]1C=C(B2OC(C)(C)C(C)(C)O2)CCN1C(=O)O. The van der Waals surface area contributed by atoms with Gasteiger partial charge in [0.05, 0.1) is 17.2 Å². The maximum Gasteiger partial charge on any atom is 0.490 e. The normalized spacial score (nSPS) is 29.3. The van der Waals surface area contributed by atoms with Crippen LogP contribution in [0.2, 0.25) is 0 Å². The number of hydrogen-bond donors (Lipinski definition) is 1. The van der Waals surface area contributed by atoms with Crippen molar-refractivity contribution in [3.63, 3.8) is 0 Å². The highest BCUT2D eigenvalue weighted by molar-refractivity contribution is 6.54. The minimum Gasteiger partial charge on any atom is -0.465 e. The Balaban J connectivity index is 2.14. The standard InChI is InChI=1S/C13H22BNO4/c1-9-8-10(6-7-15(9)11(16)17)14-18-12(2,3)13(4,5)19-14/h8-9H,6-7H2,1-5H3,(H,16,17)/t9-/m1/s1. The Morgan fingerprint density at radius 3 is 2.32 bits per heavy atom. The fraction of sp³-hybridized carbons (Fsp3) is 0.769. The van der Waals surface area contributed by atoms with E-state index in [1.165, 1.54) is 4.90 Å². The molecule has 0 spiro atoms. The summed E-state index contributed by atoms with van der Waals surface area (Å²) in [6.07, 6.45) is 1.73. The van der Waals surface area contributed by atoms with E-state index in [4.69, 9.17) is 14.4 Å². The van der Waals surface area contributed by atoms with Crippen LogP contribution in [0.5, 0.6) is 0 Å². The van der Waals surface area contributed by atoms with Gasteiger partial charge in [-0.25, -0.2) is 4.79 Å². The topological polar surface area (TPSA) is 59.0 Å². The maximum absolute atomic E-state index is 11.0. The molecule has 2 aliphatic heterocycles. The average Bonchev–Trinajstić information content (AvgIpc) is 2.47. The highest BCUT2D eigenvalue weighted by Gasteiger charge is 2.52.